The number of aromatic carboxylic acids is 1. The van der Waals surface area contributed by atoms with Gasteiger partial charge in [-0.15, -0.1) is 0 Å². The predicted octanol–water partition coefficient (Wildman–Crippen LogP) is -0.383. The Kier molecular flexibility index (Phi) is 5.69. The second-order valence-electron chi connectivity index (χ2n) is 4.12. The number of carbonyl (C=O) groups is 1. The van der Waals surface area contributed by atoms with Gasteiger partial charge in [-0.3, -0.25) is 0 Å². The van der Waals surface area contributed by atoms with Gasteiger partial charge in [0.25, 0.3) is 0 Å². The van der Waals surface area contributed by atoms with Crippen LogP contribution in [0.5, 0.6) is 0 Å². The summed E-state index contributed by atoms with van der Waals surface area (Å²) in [5.41, 5.74) is 0.293. The number of nitrogens with one attached hydrogen (secondary N) is 2. The molecule has 0 atom stereocenters. The van der Waals surface area contributed by atoms with Crippen LogP contribution in [0.3, 0.4) is 0 Å². The lowest BCUT2D eigenvalue weighted by Crippen LogP contribution is -2.28. The average molecular weight is 306 g/mol. The van der Waals surface area contributed by atoms with Gasteiger partial charge in [0.05, 0.1) is 19.8 Å². The van der Waals surface area contributed by atoms with Gasteiger partial charge >= 0.3 is 5.97 Å². The van der Waals surface area contributed by atoms with E-state index in [1.807, 2.05) is 0 Å². The Bertz CT molecular complexity index is 578. The molecule has 0 saturated heterocycles. The molecule has 20 heavy (non-hydrogen) atoms. The van der Waals surface area contributed by atoms with Crippen LogP contribution in [-0.4, -0.2) is 55.9 Å². The van der Waals surface area contributed by atoms with Crippen molar-refractivity contribution in [2.75, 3.05) is 26.4 Å². The fraction of sp³-hybridized carbons (Fsp3) is 0.545. The number of hydrogen-bond donors (Lipinski definition) is 4. The Morgan fingerprint density at radius 3 is 2.50 bits per heavy atom. The van der Waals surface area contributed by atoms with Crippen molar-refractivity contribution in [3.63, 3.8) is 0 Å². The van der Waals surface area contributed by atoms with Gasteiger partial charge in [0.1, 0.15) is 10.6 Å². The van der Waals surface area contributed by atoms with Crippen molar-refractivity contribution >= 4 is 16.0 Å². The summed E-state index contributed by atoms with van der Waals surface area (Å²) < 4.78 is 31.5. The minimum atomic E-state index is -3.81. The van der Waals surface area contributed by atoms with E-state index in [0.29, 0.717) is 0 Å². The van der Waals surface area contributed by atoms with Gasteiger partial charge in [-0.05, 0) is 13.8 Å². The molecule has 0 amide bonds. The summed E-state index contributed by atoms with van der Waals surface area (Å²) in [7, 11) is -3.81. The van der Waals surface area contributed by atoms with Crippen molar-refractivity contribution in [2.24, 2.45) is 0 Å². The molecule has 0 aliphatic heterocycles. The topological polar surface area (TPSA) is 129 Å². The van der Waals surface area contributed by atoms with E-state index < -0.39 is 16.0 Å². The number of aryl methyl sites for hydroxylation is 1. The molecule has 0 unspecified atom stereocenters. The highest BCUT2D eigenvalue weighted by Crippen LogP contribution is 2.22. The minimum Gasteiger partial charge on any atom is -0.477 e. The summed E-state index contributed by atoms with van der Waals surface area (Å²) in [4.78, 5) is 13.4. The molecule has 0 saturated carbocycles. The molecule has 0 spiro atoms. The molecule has 0 radical (unpaired) electrons. The summed E-state index contributed by atoms with van der Waals surface area (Å²) in [6.45, 7) is 3.08. The second kappa shape index (κ2) is 6.84. The van der Waals surface area contributed by atoms with Crippen molar-refractivity contribution in [1.82, 2.24) is 9.71 Å². The number of carboxylic acids is 1. The third kappa shape index (κ3) is 3.79. The molecule has 0 fully saturated rings. The van der Waals surface area contributed by atoms with Gasteiger partial charge in [0, 0.05) is 17.8 Å². The van der Waals surface area contributed by atoms with Gasteiger partial charge in [0.2, 0.25) is 10.0 Å². The smallest absolute Gasteiger partial charge is 0.352 e. The summed E-state index contributed by atoms with van der Waals surface area (Å²) in [5.74, 6) is -1.21. The van der Waals surface area contributed by atoms with Crippen LogP contribution in [-0.2, 0) is 14.8 Å². The van der Waals surface area contributed by atoms with E-state index in [4.69, 9.17) is 14.9 Å². The van der Waals surface area contributed by atoms with Gasteiger partial charge < -0.3 is 19.9 Å². The maximum Gasteiger partial charge on any atom is 0.352 e. The monoisotopic (exact) mass is 306 g/mol. The second-order valence-corrected chi connectivity index (χ2v) is 5.82. The Balaban J connectivity index is 2.85. The quantitative estimate of drug-likeness (QED) is 0.484. The summed E-state index contributed by atoms with van der Waals surface area (Å²) in [5, 5.41) is 17.5. The summed E-state index contributed by atoms with van der Waals surface area (Å²) >= 11 is 0. The molecule has 1 rings (SSSR count). The first-order valence-corrected chi connectivity index (χ1v) is 7.40. The van der Waals surface area contributed by atoms with E-state index in [2.05, 4.69) is 9.71 Å². The molecule has 0 aromatic carbocycles. The largest absolute Gasteiger partial charge is 0.477 e. The molecular weight excluding hydrogens is 288 g/mol. The molecule has 114 valence electrons. The first kappa shape index (κ1) is 16.6. The number of ether oxygens (including phenoxy) is 1. The lowest BCUT2D eigenvalue weighted by Gasteiger charge is -2.07. The number of hydrogen-bond acceptors (Lipinski definition) is 5. The van der Waals surface area contributed by atoms with Crippen molar-refractivity contribution in [3.8, 4) is 0 Å². The average Bonchev–Trinajstić information content (AvgIpc) is 2.65. The molecule has 0 aliphatic rings. The van der Waals surface area contributed by atoms with Crippen LogP contribution in [0.25, 0.3) is 0 Å². The Hall–Kier alpha value is -1.42. The number of aliphatic hydroxyl groups is 1. The number of aromatic amines is 1. The normalized spacial score (nSPS) is 11.8. The first-order valence-electron chi connectivity index (χ1n) is 5.92. The molecule has 8 nitrogen and oxygen atoms in total. The number of H-pyrrole nitrogens is 1. The zero-order valence-electron chi connectivity index (χ0n) is 11.3. The van der Waals surface area contributed by atoms with Crippen LogP contribution in [0.4, 0.5) is 0 Å². The van der Waals surface area contributed by atoms with Crippen LogP contribution >= 0.6 is 0 Å². The number of rotatable bonds is 8. The summed E-state index contributed by atoms with van der Waals surface area (Å²) in [6, 6.07) is 0. The molecule has 1 aromatic rings. The summed E-state index contributed by atoms with van der Waals surface area (Å²) in [6.07, 6.45) is 0. The zero-order valence-corrected chi connectivity index (χ0v) is 12.1. The van der Waals surface area contributed by atoms with E-state index in [9.17, 15) is 13.2 Å². The van der Waals surface area contributed by atoms with E-state index in [0.717, 1.165) is 0 Å². The van der Waals surface area contributed by atoms with Crippen molar-refractivity contribution in [2.45, 2.75) is 18.7 Å². The molecular formula is C11H18N2O6S. The van der Waals surface area contributed by atoms with Crippen molar-refractivity contribution in [3.05, 3.63) is 17.0 Å². The molecule has 0 aliphatic carbocycles. The molecule has 4 N–H and O–H groups in total. The molecule has 1 aromatic heterocycles. The highest BCUT2D eigenvalue weighted by Gasteiger charge is 2.25. The maximum atomic E-state index is 12.1. The van der Waals surface area contributed by atoms with Gasteiger partial charge in [0.15, 0.2) is 0 Å². The van der Waals surface area contributed by atoms with Crippen LogP contribution in [0.1, 0.15) is 21.7 Å². The minimum absolute atomic E-state index is 0.0365. The van der Waals surface area contributed by atoms with Gasteiger partial charge in [-0.25, -0.2) is 17.9 Å². The van der Waals surface area contributed by atoms with Gasteiger partial charge in [-0.2, -0.15) is 0 Å². The van der Waals surface area contributed by atoms with E-state index in [1.54, 1.807) is 0 Å². The third-order valence-electron chi connectivity index (χ3n) is 2.63. The fourth-order valence-corrected chi connectivity index (χ4v) is 3.29. The van der Waals surface area contributed by atoms with E-state index in [-0.39, 0.29) is 48.2 Å². The molecule has 0 bridgehead atoms. The Morgan fingerprint density at radius 1 is 1.35 bits per heavy atom. The lowest BCUT2D eigenvalue weighted by atomic mass is 10.2. The standard InChI is InChI=1S/C11H18N2O6S/c1-7-9(11(15)16)13-8(2)10(7)20(17,18)12-3-5-19-6-4-14/h12-14H,3-6H2,1-2H3,(H,15,16). The molecule has 9 heteroatoms. The van der Waals surface area contributed by atoms with Crippen molar-refractivity contribution in [1.29, 1.82) is 0 Å². The van der Waals surface area contributed by atoms with E-state index >= 15 is 0 Å². The third-order valence-corrected chi connectivity index (χ3v) is 4.36. The van der Waals surface area contributed by atoms with Crippen LogP contribution in [0, 0.1) is 13.8 Å². The zero-order chi connectivity index (χ0) is 15.3. The highest BCUT2D eigenvalue weighted by molar-refractivity contribution is 7.89. The number of aromatic nitrogens is 1. The predicted molar refractivity (Wildman–Crippen MR) is 70.3 cm³/mol. The lowest BCUT2D eigenvalue weighted by molar-refractivity contribution is 0.0690. The Labute approximate surface area is 116 Å². The van der Waals surface area contributed by atoms with Gasteiger partial charge in [-0.1, -0.05) is 0 Å². The maximum absolute atomic E-state index is 12.1. The van der Waals surface area contributed by atoms with Crippen LogP contribution in [0.15, 0.2) is 4.90 Å². The fourth-order valence-electron chi connectivity index (χ4n) is 1.84. The number of sulfonamides is 1. The highest BCUT2D eigenvalue weighted by atomic mass is 32.2. The number of carboxylic acid groups (broad SMARTS) is 1. The molecule has 1 heterocycles. The van der Waals surface area contributed by atoms with Crippen LogP contribution < -0.4 is 4.72 Å². The van der Waals surface area contributed by atoms with Crippen molar-refractivity contribution < 1.29 is 28.2 Å². The number of aliphatic hydroxyl groups excluding tert-OH is 1. The first-order chi connectivity index (χ1) is 9.31. The Morgan fingerprint density at radius 2 is 2.00 bits per heavy atom. The van der Waals surface area contributed by atoms with Crippen LogP contribution in [0.2, 0.25) is 0 Å². The SMILES string of the molecule is Cc1[nH]c(C(=O)O)c(C)c1S(=O)(=O)NCCOCCO. The van der Waals surface area contributed by atoms with E-state index in [1.165, 1.54) is 13.8 Å².